The fourth-order valence-corrected chi connectivity index (χ4v) is 1.29. The standard InChI is InChI=1S/C6HCl3O4/c7-1-2(8)5(11)6(13-12)3(9)4(1)10/h12H. The van der Waals surface area contributed by atoms with Crippen LogP contribution in [0.1, 0.15) is 0 Å². The molecule has 1 rings (SSSR count). The topological polar surface area (TPSA) is 63.6 Å². The molecule has 0 fully saturated rings. The van der Waals surface area contributed by atoms with E-state index < -0.39 is 32.4 Å². The smallest absolute Gasteiger partial charge is 0.246 e. The van der Waals surface area contributed by atoms with E-state index in [1.807, 2.05) is 0 Å². The number of hydrogen-bond donors (Lipinski definition) is 1. The molecular formula is C6HCl3O4. The lowest BCUT2D eigenvalue weighted by molar-refractivity contribution is -0.204. The van der Waals surface area contributed by atoms with Crippen molar-refractivity contribution in [3.05, 3.63) is 20.9 Å². The summed E-state index contributed by atoms with van der Waals surface area (Å²) >= 11 is 16.0. The van der Waals surface area contributed by atoms with Crippen LogP contribution in [0, 0.1) is 0 Å². The Balaban J connectivity index is 3.29. The van der Waals surface area contributed by atoms with Gasteiger partial charge in [-0.3, -0.25) is 9.59 Å². The zero-order chi connectivity index (χ0) is 10.2. The van der Waals surface area contributed by atoms with E-state index in [9.17, 15) is 9.59 Å². The Morgan fingerprint density at radius 1 is 0.923 bits per heavy atom. The maximum Gasteiger partial charge on any atom is 0.246 e. The first-order valence-corrected chi connectivity index (χ1v) is 4.00. The van der Waals surface area contributed by atoms with Crippen molar-refractivity contribution in [2.45, 2.75) is 0 Å². The molecule has 0 spiro atoms. The Hall–Kier alpha value is -0.550. The van der Waals surface area contributed by atoms with Gasteiger partial charge in [0.15, 0.2) is 0 Å². The van der Waals surface area contributed by atoms with Crippen LogP contribution in [0.5, 0.6) is 0 Å². The molecule has 7 heteroatoms. The first-order valence-electron chi connectivity index (χ1n) is 2.86. The molecule has 0 aromatic rings. The third kappa shape index (κ3) is 1.58. The minimum atomic E-state index is -0.932. The van der Waals surface area contributed by atoms with Gasteiger partial charge in [0, 0.05) is 0 Å². The van der Waals surface area contributed by atoms with Crippen molar-refractivity contribution in [2.24, 2.45) is 0 Å². The number of hydrogen-bond acceptors (Lipinski definition) is 4. The molecule has 13 heavy (non-hydrogen) atoms. The molecule has 0 amide bonds. The van der Waals surface area contributed by atoms with Gasteiger partial charge >= 0.3 is 0 Å². The molecule has 0 heterocycles. The summed E-state index contributed by atoms with van der Waals surface area (Å²) in [6, 6.07) is 0. The molecule has 0 aromatic heterocycles. The van der Waals surface area contributed by atoms with Crippen LogP contribution in [-0.2, 0) is 14.5 Å². The number of carbonyl (C=O) groups is 2. The second-order valence-corrected chi connectivity index (χ2v) is 3.15. The lowest BCUT2D eigenvalue weighted by atomic mass is 10.1. The molecule has 0 saturated carbocycles. The van der Waals surface area contributed by atoms with Crippen LogP contribution in [0.15, 0.2) is 20.9 Å². The van der Waals surface area contributed by atoms with Crippen LogP contribution < -0.4 is 0 Å². The molecule has 0 bridgehead atoms. The van der Waals surface area contributed by atoms with Gasteiger partial charge in [0.05, 0.1) is 0 Å². The minimum Gasteiger partial charge on any atom is -0.334 e. The van der Waals surface area contributed by atoms with Crippen molar-refractivity contribution in [3.63, 3.8) is 0 Å². The summed E-state index contributed by atoms with van der Waals surface area (Å²) in [5.41, 5.74) is 0. The number of ketones is 2. The van der Waals surface area contributed by atoms with E-state index in [1.54, 1.807) is 0 Å². The van der Waals surface area contributed by atoms with Crippen LogP contribution in [0.3, 0.4) is 0 Å². The van der Waals surface area contributed by atoms with E-state index in [0.29, 0.717) is 0 Å². The van der Waals surface area contributed by atoms with E-state index in [-0.39, 0.29) is 0 Å². The van der Waals surface area contributed by atoms with E-state index in [0.717, 1.165) is 0 Å². The predicted molar refractivity (Wildman–Crippen MR) is 45.3 cm³/mol. The average molecular weight is 243 g/mol. The number of allylic oxidation sites excluding steroid dienone is 3. The first kappa shape index (κ1) is 10.5. The fourth-order valence-electron chi connectivity index (χ4n) is 0.680. The van der Waals surface area contributed by atoms with Gasteiger partial charge < -0.3 is 4.89 Å². The maximum atomic E-state index is 11.1. The highest BCUT2D eigenvalue weighted by Crippen LogP contribution is 2.31. The molecule has 0 saturated heterocycles. The molecule has 0 atom stereocenters. The minimum absolute atomic E-state index is 0.488. The van der Waals surface area contributed by atoms with Crippen LogP contribution in [0.2, 0.25) is 0 Å². The van der Waals surface area contributed by atoms with Gasteiger partial charge in [0.2, 0.25) is 17.3 Å². The highest BCUT2D eigenvalue weighted by Gasteiger charge is 2.34. The highest BCUT2D eigenvalue weighted by atomic mass is 35.5. The number of Topliss-reactive ketones (excluding diaryl/α,β-unsaturated/α-hetero) is 2. The van der Waals surface area contributed by atoms with E-state index in [1.165, 1.54) is 0 Å². The summed E-state index contributed by atoms with van der Waals surface area (Å²) in [5, 5.41) is 6.60. The number of rotatable bonds is 1. The van der Waals surface area contributed by atoms with Gasteiger partial charge in [-0.15, -0.1) is 0 Å². The lowest BCUT2D eigenvalue weighted by Crippen LogP contribution is -2.18. The lowest BCUT2D eigenvalue weighted by Gasteiger charge is -2.10. The first-order chi connectivity index (χ1) is 6.00. The quantitative estimate of drug-likeness (QED) is 0.433. The van der Waals surface area contributed by atoms with Gasteiger partial charge in [-0.05, 0) is 0 Å². The molecule has 4 nitrogen and oxygen atoms in total. The van der Waals surface area contributed by atoms with Gasteiger partial charge in [-0.25, -0.2) is 5.26 Å². The molecule has 0 radical (unpaired) electrons. The Morgan fingerprint density at radius 2 is 1.38 bits per heavy atom. The summed E-state index contributed by atoms with van der Waals surface area (Å²) in [6.45, 7) is 0. The summed E-state index contributed by atoms with van der Waals surface area (Å²) in [6.07, 6.45) is 0. The van der Waals surface area contributed by atoms with Gasteiger partial charge in [0.25, 0.3) is 0 Å². The summed E-state index contributed by atoms with van der Waals surface area (Å²) in [4.78, 5) is 25.7. The maximum absolute atomic E-state index is 11.1. The zero-order valence-corrected chi connectivity index (χ0v) is 8.07. The van der Waals surface area contributed by atoms with Crippen LogP contribution in [-0.4, -0.2) is 16.8 Å². The molecule has 1 aliphatic rings. The predicted octanol–water partition coefficient (Wildman–Crippen LogP) is 1.77. The van der Waals surface area contributed by atoms with Gasteiger partial charge in [-0.2, -0.15) is 0 Å². The van der Waals surface area contributed by atoms with E-state index in [4.69, 9.17) is 40.1 Å². The van der Waals surface area contributed by atoms with Crippen molar-refractivity contribution < 1.29 is 19.7 Å². The third-order valence-electron chi connectivity index (χ3n) is 1.29. The van der Waals surface area contributed by atoms with Crippen molar-refractivity contribution in [2.75, 3.05) is 0 Å². The second kappa shape index (κ2) is 3.67. The molecule has 1 aliphatic carbocycles. The second-order valence-electron chi connectivity index (χ2n) is 2.02. The normalized spacial score (nSPS) is 18.5. The molecule has 70 valence electrons. The van der Waals surface area contributed by atoms with Crippen molar-refractivity contribution in [1.82, 2.24) is 0 Å². The van der Waals surface area contributed by atoms with Crippen molar-refractivity contribution in [3.8, 4) is 0 Å². The van der Waals surface area contributed by atoms with Crippen LogP contribution >= 0.6 is 34.8 Å². The average Bonchev–Trinajstić information content (AvgIpc) is 2.13. The molecule has 0 unspecified atom stereocenters. The Morgan fingerprint density at radius 3 is 1.85 bits per heavy atom. The largest absolute Gasteiger partial charge is 0.334 e. The van der Waals surface area contributed by atoms with E-state index >= 15 is 0 Å². The molecule has 0 aromatic carbocycles. The van der Waals surface area contributed by atoms with E-state index in [2.05, 4.69) is 4.89 Å². The third-order valence-corrected chi connectivity index (χ3v) is 2.45. The number of halogens is 3. The highest BCUT2D eigenvalue weighted by molar-refractivity contribution is 6.63. The summed E-state index contributed by atoms with van der Waals surface area (Å²) in [5.74, 6) is -2.52. The van der Waals surface area contributed by atoms with Gasteiger partial charge in [0.1, 0.15) is 15.1 Å². The zero-order valence-electron chi connectivity index (χ0n) is 5.81. The molecular weight excluding hydrogens is 242 g/mol. The molecule has 1 N–H and O–H groups in total. The Bertz CT molecular complexity index is 355. The number of carbonyl (C=O) groups excluding carboxylic acids is 2. The van der Waals surface area contributed by atoms with Crippen LogP contribution in [0.4, 0.5) is 0 Å². The Labute approximate surface area is 87.2 Å². The fraction of sp³-hybridized carbons (Fsp3) is 0. The summed E-state index contributed by atoms with van der Waals surface area (Å²) < 4.78 is 0. The van der Waals surface area contributed by atoms with Gasteiger partial charge in [-0.1, -0.05) is 34.8 Å². The molecule has 0 aliphatic heterocycles. The van der Waals surface area contributed by atoms with Crippen molar-refractivity contribution in [1.29, 1.82) is 0 Å². The SMILES string of the molecule is O=C1C(Cl)=C(Cl)C(=O)C(OO)=C1Cl. The Kier molecular flexibility index (Phi) is 2.98. The monoisotopic (exact) mass is 242 g/mol. The van der Waals surface area contributed by atoms with Crippen molar-refractivity contribution >= 4 is 46.4 Å². The van der Waals surface area contributed by atoms with Crippen LogP contribution in [0.25, 0.3) is 0 Å². The summed E-state index contributed by atoms with van der Waals surface area (Å²) in [7, 11) is 0.